The molecule has 2 N–H and O–H groups in total. The molecule has 1 aromatic carbocycles. The lowest BCUT2D eigenvalue weighted by Gasteiger charge is -2.46. The van der Waals surface area contributed by atoms with Gasteiger partial charge in [-0.1, -0.05) is 51.4 Å². The zero-order valence-corrected chi connectivity index (χ0v) is 15.0. The maximum absolute atomic E-state index is 6.66. The van der Waals surface area contributed by atoms with Crippen molar-refractivity contribution in [3.8, 4) is 0 Å². The molecule has 0 aromatic heterocycles. The third-order valence-electron chi connectivity index (χ3n) is 4.96. The van der Waals surface area contributed by atoms with Crippen molar-refractivity contribution >= 4 is 11.6 Å². The van der Waals surface area contributed by atoms with E-state index in [-0.39, 0.29) is 11.6 Å². The van der Waals surface area contributed by atoms with Crippen LogP contribution in [0.5, 0.6) is 0 Å². The Labute approximate surface area is 135 Å². The predicted octanol–water partition coefficient (Wildman–Crippen LogP) is 4.42. The van der Waals surface area contributed by atoms with E-state index in [1.165, 1.54) is 5.56 Å². The highest BCUT2D eigenvalue weighted by molar-refractivity contribution is 6.31. The second-order valence-corrected chi connectivity index (χ2v) is 6.30. The lowest BCUT2D eigenvalue weighted by Crippen LogP contribution is -2.60. The first-order valence-corrected chi connectivity index (χ1v) is 8.58. The highest BCUT2D eigenvalue weighted by atomic mass is 35.5. The van der Waals surface area contributed by atoms with Crippen LogP contribution in [0, 0.1) is 6.92 Å². The van der Waals surface area contributed by atoms with Crippen LogP contribution in [-0.2, 0) is 6.42 Å². The average Bonchev–Trinajstić information content (AvgIpc) is 2.47. The van der Waals surface area contributed by atoms with E-state index in [0.29, 0.717) is 0 Å². The van der Waals surface area contributed by atoms with E-state index in [0.717, 1.165) is 42.9 Å². The maximum Gasteiger partial charge on any atom is 0.0441 e. The summed E-state index contributed by atoms with van der Waals surface area (Å²) in [6.45, 7) is 13.1. The van der Waals surface area contributed by atoms with E-state index < -0.39 is 0 Å². The molecule has 3 heteroatoms. The summed E-state index contributed by atoms with van der Waals surface area (Å²) in [5.74, 6) is 0. The van der Waals surface area contributed by atoms with E-state index in [9.17, 15) is 0 Å². The van der Waals surface area contributed by atoms with Crippen molar-refractivity contribution in [2.45, 2.75) is 65.5 Å². The number of hydrogen-bond donors (Lipinski definition) is 1. The molecule has 0 heterocycles. The largest absolute Gasteiger partial charge is 0.326 e. The monoisotopic (exact) mass is 310 g/mol. The van der Waals surface area contributed by atoms with Crippen LogP contribution in [0.3, 0.4) is 0 Å². The Bertz CT molecular complexity index is 437. The van der Waals surface area contributed by atoms with Gasteiger partial charge in [-0.15, -0.1) is 0 Å². The zero-order valence-electron chi connectivity index (χ0n) is 14.2. The minimum atomic E-state index is 0.0533. The van der Waals surface area contributed by atoms with Gasteiger partial charge in [0.25, 0.3) is 0 Å². The molecule has 1 aromatic rings. The van der Waals surface area contributed by atoms with Crippen molar-refractivity contribution in [1.82, 2.24) is 4.90 Å². The maximum atomic E-state index is 6.66. The molecule has 0 aliphatic carbocycles. The topological polar surface area (TPSA) is 29.3 Å². The Kier molecular flexibility index (Phi) is 7.19. The molecule has 1 unspecified atom stereocenters. The number of nitrogens with two attached hydrogens (primary N) is 1. The van der Waals surface area contributed by atoms with Gasteiger partial charge in [0.2, 0.25) is 0 Å². The average molecular weight is 311 g/mol. The van der Waals surface area contributed by atoms with Crippen LogP contribution in [0.4, 0.5) is 0 Å². The Morgan fingerprint density at radius 2 is 1.71 bits per heavy atom. The normalized spacial score (nSPS) is 13.7. The van der Waals surface area contributed by atoms with Gasteiger partial charge in [0.1, 0.15) is 0 Å². The molecule has 1 atom stereocenters. The van der Waals surface area contributed by atoms with Crippen molar-refractivity contribution in [2.24, 2.45) is 5.73 Å². The number of likely N-dealkylation sites (N-methyl/N-ethyl adjacent to an activating group) is 1. The Morgan fingerprint density at radius 3 is 2.14 bits per heavy atom. The molecule has 0 amide bonds. The summed E-state index contributed by atoms with van der Waals surface area (Å²) in [6, 6.07) is 6.36. The van der Waals surface area contributed by atoms with Crippen LogP contribution in [0.2, 0.25) is 5.02 Å². The van der Waals surface area contributed by atoms with Crippen LogP contribution in [-0.4, -0.2) is 29.6 Å². The minimum absolute atomic E-state index is 0.0533. The summed E-state index contributed by atoms with van der Waals surface area (Å²) in [5, 5.41) is 0.839. The smallest absolute Gasteiger partial charge is 0.0441 e. The number of hydrogen-bond acceptors (Lipinski definition) is 2. The number of aryl methyl sites for hydroxylation is 1. The van der Waals surface area contributed by atoms with Gasteiger partial charge in [-0.05, 0) is 56.5 Å². The minimum Gasteiger partial charge on any atom is -0.326 e. The number of nitrogens with zero attached hydrogens (tertiary/aromatic N) is 1. The summed E-state index contributed by atoms with van der Waals surface area (Å²) in [4.78, 5) is 2.51. The van der Waals surface area contributed by atoms with Gasteiger partial charge >= 0.3 is 0 Å². The van der Waals surface area contributed by atoms with Crippen molar-refractivity contribution in [3.63, 3.8) is 0 Å². The van der Waals surface area contributed by atoms with Gasteiger partial charge in [-0.25, -0.2) is 0 Å². The summed E-state index contributed by atoms with van der Waals surface area (Å²) in [7, 11) is 0. The second-order valence-electron chi connectivity index (χ2n) is 5.89. The molecule has 120 valence electrons. The van der Waals surface area contributed by atoms with Gasteiger partial charge in [-0.3, -0.25) is 4.90 Å². The second kappa shape index (κ2) is 8.17. The molecule has 21 heavy (non-hydrogen) atoms. The number of halogens is 1. The molecule has 0 aliphatic heterocycles. The summed E-state index contributed by atoms with van der Waals surface area (Å²) in [6.07, 6.45) is 2.96. The van der Waals surface area contributed by atoms with Crippen LogP contribution in [0.1, 0.15) is 51.7 Å². The Balaban J connectivity index is 3.03. The first kappa shape index (κ1) is 18.5. The summed E-state index contributed by atoms with van der Waals surface area (Å²) < 4.78 is 0. The fourth-order valence-electron chi connectivity index (χ4n) is 3.55. The number of benzene rings is 1. The lowest BCUT2D eigenvalue weighted by molar-refractivity contribution is 0.0628. The van der Waals surface area contributed by atoms with Crippen molar-refractivity contribution in [3.05, 3.63) is 34.3 Å². The highest BCUT2D eigenvalue weighted by Gasteiger charge is 2.37. The third kappa shape index (κ3) is 4.00. The Hall–Kier alpha value is -0.570. The van der Waals surface area contributed by atoms with Crippen LogP contribution in [0.15, 0.2) is 18.2 Å². The summed E-state index contributed by atoms with van der Waals surface area (Å²) >= 11 is 6.39. The molecular formula is C18H31ClN2. The van der Waals surface area contributed by atoms with E-state index >= 15 is 0 Å². The van der Waals surface area contributed by atoms with Crippen molar-refractivity contribution in [1.29, 1.82) is 0 Å². The van der Waals surface area contributed by atoms with Crippen molar-refractivity contribution < 1.29 is 0 Å². The number of rotatable bonds is 8. The molecule has 1 rings (SSSR count). The van der Waals surface area contributed by atoms with Gasteiger partial charge in [0, 0.05) is 16.6 Å². The van der Waals surface area contributed by atoms with E-state index in [4.69, 9.17) is 17.3 Å². The molecule has 0 saturated heterocycles. The van der Waals surface area contributed by atoms with Crippen LogP contribution >= 0.6 is 11.6 Å². The van der Waals surface area contributed by atoms with Gasteiger partial charge in [0.15, 0.2) is 0 Å². The molecule has 0 spiro atoms. The molecular weight excluding hydrogens is 280 g/mol. The fourth-order valence-corrected chi connectivity index (χ4v) is 3.87. The predicted molar refractivity (Wildman–Crippen MR) is 94.1 cm³/mol. The van der Waals surface area contributed by atoms with E-state index in [1.807, 2.05) is 6.07 Å². The first-order valence-electron chi connectivity index (χ1n) is 8.20. The lowest BCUT2D eigenvalue weighted by atomic mass is 9.80. The molecule has 0 aliphatic rings. The van der Waals surface area contributed by atoms with E-state index in [1.54, 1.807) is 0 Å². The highest BCUT2D eigenvalue weighted by Crippen LogP contribution is 2.30. The standard InChI is InChI=1S/C18H31ClN2/c1-6-18(7-2,21(8-3)9-4)17(20)13-15-11-10-14(5)12-16(15)19/h10-12,17H,6-9,13,20H2,1-5H3. The SMILES string of the molecule is CCN(CC)C(CC)(CC)C(N)Cc1ccc(C)cc1Cl. The van der Waals surface area contributed by atoms with E-state index in [2.05, 4.69) is 51.7 Å². The fraction of sp³-hybridized carbons (Fsp3) is 0.667. The molecule has 0 radical (unpaired) electrons. The summed E-state index contributed by atoms with van der Waals surface area (Å²) in [5.41, 5.74) is 9.07. The van der Waals surface area contributed by atoms with Gasteiger partial charge < -0.3 is 5.73 Å². The quantitative estimate of drug-likeness (QED) is 0.770. The van der Waals surface area contributed by atoms with Gasteiger partial charge in [0.05, 0.1) is 0 Å². The van der Waals surface area contributed by atoms with Crippen LogP contribution < -0.4 is 5.73 Å². The molecule has 0 fully saturated rings. The molecule has 2 nitrogen and oxygen atoms in total. The molecule has 0 saturated carbocycles. The Morgan fingerprint density at radius 1 is 1.14 bits per heavy atom. The zero-order chi connectivity index (χ0) is 16.0. The third-order valence-corrected chi connectivity index (χ3v) is 5.31. The van der Waals surface area contributed by atoms with Gasteiger partial charge in [-0.2, -0.15) is 0 Å². The van der Waals surface area contributed by atoms with Crippen LogP contribution in [0.25, 0.3) is 0 Å². The van der Waals surface area contributed by atoms with Crippen molar-refractivity contribution in [2.75, 3.05) is 13.1 Å². The molecule has 0 bridgehead atoms. The first-order chi connectivity index (χ1) is 9.94.